The Labute approximate surface area is 124 Å². The van der Waals surface area contributed by atoms with Gasteiger partial charge in [-0.3, -0.25) is 5.32 Å². The van der Waals surface area contributed by atoms with Crippen LogP contribution in [-0.2, 0) is 4.74 Å². The molecule has 1 amide bonds. The van der Waals surface area contributed by atoms with Crippen molar-refractivity contribution >= 4 is 11.8 Å². The zero-order chi connectivity index (χ0) is 16.0. The predicted octanol–water partition coefficient (Wildman–Crippen LogP) is 3.62. The molecule has 1 aromatic rings. The Morgan fingerprint density at radius 3 is 2.43 bits per heavy atom. The van der Waals surface area contributed by atoms with Gasteiger partial charge in [-0.15, -0.1) is 0 Å². The van der Waals surface area contributed by atoms with E-state index < -0.39 is 11.7 Å². The van der Waals surface area contributed by atoms with E-state index in [-0.39, 0.29) is 23.2 Å². The summed E-state index contributed by atoms with van der Waals surface area (Å²) in [6.07, 6.45) is -0.553. The fourth-order valence-corrected chi connectivity index (χ4v) is 2.59. The first-order chi connectivity index (χ1) is 9.52. The van der Waals surface area contributed by atoms with Gasteiger partial charge in [-0.2, -0.15) is 0 Å². The lowest BCUT2D eigenvalue weighted by molar-refractivity contribution is 0.0635. The molecule has 21 heavy (non-hydrogen) atoms. The summed E-state index contributed by atoms with van der Waals surface area (Å²) in [4.78, 5) is 11.9. The molecule has 1 fully saturated rings. The van der Waals surface area contributed by atoms with Gasteiger partial charge in [0.1, 0.15) is 11.4 Å². The van der Waals surface area contributed by atoms with E-state index in [0.717, 1.165) is 5.56 Å². The Morgan fingerprint density at radius 1 is 1.38 bits per heavy atom. The molecule has 2 unspecified atom stereocenters. The van der Waals surface area contributed by atoms with Crippen molar-refractivity contribution in [3.63, 3.8) is 0 Å². The number of carbonyl (C=O) groups is 1. The third kappa shape index (κ3) is 3.35. The van der Waals surface area contributed by atoms with E-state index in [0.29, 0.717) is 5.69 Å². The molecule has 2 atom stereocenters. The Balaban J connectivity index is 2.23. The van der Waals surface area contributed by atoms with Crippen LogP contribution in [0.2, 0.25) is 0 Å². The van der Waals surface area contributed by atoms with Crippen LogP contribution in [0.15, 0.2) is 18.2 Å². The molecule has 1 aliphatic carbocycles. The van der Waals surface area contributed by atoms with Gasteiger partial charge in [-0.25, -0.2) is 9.18 Å². The molecule has 0 aliphatic heterocycles. The van der Waals surface area contributed by atoms with Crippen molar-refractivity contribution in [2.24, 2.45) is 11.1 Å². The number of ether oxygens (including phenoxy) is 1. The first-order valence-corrected chi connectivity index (χ1v) is 7.07. The molecule has 0 radical (unpaired) electrons. The van der Waals surface area contributed by atoms with E-state index in [1.807, 2.05) is 13.8 Å². The van der Waals surface area contributed by atoms with Crippen molar-refractivity contribution < 1.29 is 13.9 Å². The van der Waals surface area contributed by atoms with Gasteiger partial charge in [-0.05, 0) is 49.9 Å². The standard InChI is InChI=1S/C16H23FN2O2/c1-15(2,3)21-14(20)19-11-7-6-9(17)8-10(11)12-13(18)16(12,4)5/h6-8,12-13H,18H2,1-5H3,(H,19,20). The Kier molecular flexibility index (Phi) is 3.74. The Hall–Kier alpha value is -1.62. The maximum Gasteiger partial charge on any atom is 0.412 e. The normalized spacial score (nSPS) is 23.6. The summed E-state index contributed by atoms with van der Waals surface area (Å²) >= 11 is 0. The largest absolute Gasteiger partial charge is 0.444 e. The molecule has 1 saturated carbocycles. The van der Waals surface area contributed by atoms with Gasteiger partial charge in [-0.1, -0.05) is 13.8 Å². The number of hydrogen-bond donors (Lipinski definition) is 2. The summed E-state index contributed by atoms with van der Waals surface area (Å²) in [6.45, 7) is 9.43. The number of halogens is 1. The van der Waals surface area contributed by atoms with E-state index >= 15 is 0 Å². The average molecular weight is 294 g/mol. The van der Waals surface area contributed by atoms with E-state index in [4.69, 9.17) is 10.5 Å². The number of nitrogens with one attached hydrogen (secondary N) is 1. The molecule has 0 aromatic heterocycles. The summed E-state index contributed by atoms with van der Waals surface area (Å²) < 4.78 is 18.8. The second-order valence-corrected chi connectivity index (χ2v) is 7.18. The fourth-order valence-electron chi connectivity index (χ4n) is 2.59. The SMILES string of the molecule is CC(C)(C)OC(=O)Nc1ccc(F)cc1C1C(N)C1(C)C. The zero-order valence-corrected chi connectivity index (χ0v) is 13.2. The monoisotopic (exact) mass is 294 g/mol. The highest BCUT2D eigenvalue weighted by Crippen LogP contribution is 2.58. The van der Waals surface area contributed by atoms with Gasteiger partial charge >= 0.3 is 6.09 Å². The molecule has 0 bridgehead atoms. The molecule has 0 heterocycles. The quantitative estimate of drug-likeness (QED) is 0.875. The van der Waals surface area contributed by atoms with Gasteiger partial charge in [0.15, 0.2) is 0 Å². The highest BCUT2D eigenvalue weighted by molar-refractivity contribution is 5.86. The summed E-state index contributed by atoms with van der Waals surface area (Å²) in [5.41, 5.74) is 6.65. The topological polar surface area (TPSA) is 64.3 Å². The van der Waals surface area contributed by atoms with E-state index in [9.17, 15) is 9.18 Å². The molecule has 2 rings (SSSR count). The van der Waals surface area contributed by atoms with Crippen LogP contribution < -0.4 is 11.1 Å². The zero-order valence-electron chi connectivity index (χ0n) is 13.2. The van der Waals surface area contributed by atoms with Crippen LogP contribution in [-0.4, -0.2) is 17.7 Å². The molecule has 0 spiro atoms. The van der Waals surface area contributed by atoms with Crippen molar-refractivity contribution in [1.82, 2.24) is 0 Å². The minimum atomic E-state index is -0.584. The van der Waals surface area contributed by atoms with Gasteiger partial charge in [0.05, 0.1) is 0 Å². The van der Waals surface area contributed by atoms with Crippen molar-refractivity contribution in [3.8, 4) is 0 Å². The van der Waals surface area contributed by atoms with Crippen LogP contribution in [0, 0.1) is 11.2 Å². The summed E-state index contributed by atoms with van der Waals surface area (Å²) in [5.74, 6) is -0.312. The highest BCUT2D eigenvalue weighted by Gasteiger charge is 2.57. The number of nitrogens with two attached hydrogens (primary N) is 1. The minimum absolute atomic E-state index is 0.0261. The van der Waals surface area contributed by atoms with Crippen LogP contribution in [0.5, 0.6) is 0 Å². The predicted molar refractivity (Wildman–Crippen MR) is 80.8 cm³/mol. The average Bonchev–Trinajstić information content (AvgIpc) is 2.78. The van der Waals surface area contributed by atoms with E-state index in [2.05, 4.69) is 5.32 Å². The molecule has 1 aromatic carbocycles. The molecule has 5 heteroatoms. The van der Waals surface area contributed by atoms with Gasteiger partial charge in [0.25, 0.3) is 0 Å². The Bertz CT molecular complexity index is 564. The van der Waals surface area contributed by atoms with Gasteiger partial charge in [0, 0.05) is 17.6 Å². The van der Waals surface area contributed by atoms with Crippen LogP contribution in [0.4, 0.5) is 14.9 Å². The Morgan fingerprint density at radius 2 is 1.95 bits per heavy atom. The lowest BCUT2D eigenvalue weighted by atomic mass is 10.0. The number of rotatable bonds is 2. The smallest absolute Gasteiger partial charge is 0.412 e. The fraction of sp³-hybridized carbons (Fsp3) is 0.562. The maximum atomic E-state index is 13.5. The van der Waals surface area contributed by atoms with Gasteiger partial charge < -0.3 is 10.5 Å². The van der Waals surface area contributed by atoms with Crippen LogP contribution in [0.1, 0.15) is 46.1 Å². The second kappa shape index (κ2) is 4.98. The van der Waals surface area contributed by atoms with Crippen molar-refractivity contribution in [2.45, 2.75) is 52.2 Å². The summed E-state index contributed by atoms with van der Waals surface area (Å²) in [6, 6.07) is 4.26. The number of hydrogen-bond acceptors (Lipinski definition) is 3. The highest BCUT2D eigenvalue weighted by atomic mass is 19.1. The van der Waals surface area contributed by atoms with Crippen LogP contribution in [0.25, 0.3) is 0 Å². The molecule has 1 aliphatic rings. The minimum Gasteiger partial charge on any atom is -0.444 e. The third-order valence-corrected chi connectivity index (χ3v) is 3.89. The molecule has 3 N–H and O–H groups in total. The van der Waals surface area contributed by atoms with E-state index in [1.165, 1.54) is 12.1 Å². The first kappa shape index (κ1) is 15.8. The first-order valence-electron chi connectivity index (χ1n) is 7.07. The lowest BCUT2D eigenvalue weighted by Gasteiger charge is -2.20. The second-order valence-electron chi connectivity index (χ2n) is 7.18. The molecular weight excluding hydrogens is 271 g/mol. The van der Waals surface area contributed by atoms with Crippen molar-refractivity contribution in [3.05, 3.63) is 29.6 Å². The summed E-state index contributed by atoms with van der Waals surface area (Å²) in [5, 5.41) is 2.69. The molecular formula is C16H23FN2O2. The van der Waals surface area contributed by atoms with Gasteiger partial charge in [0.2, 0.25) is 0 Å². The maximum absolute atomic E-state index is 13.5. The van der Waals surface area contributed by atoms with Crippen molar-refractivity contribution in [2.75, 3.05) is 5.32 Å². The third-order valence-electron chi connectivity index (χ3n) is 3.89. The lowest BCUT2D eigenvalue weighted by Crippen LogP contribution is -2.27. The number of amides is 1. The molecule has 4 nitrogen and oxygen atoms in total. The van der Waals surface area contributed by atoms with Crippen LogP contribution >= 0.6 is 0 Å². The van der Waals surface area contributed by atoms with Crippen LogP contribution in [0.3, 0.4) is 0 Å². The van der Waals surface area contributed by atoms with Crippen molar-refractivity contribution in [1.29, 1.82) is 0 Å². The molecule has 116 valence electrons. The number of carbonyl (C=O) groups excluding carboxylic acids is 1. The van der Waals surface area contributed by atoms with E-state index in [1.54, 1.807) is 26.8 Å². The number of benzene rings is 1. The number of anilines is 1. The molecule has 0 saturated heterocycles. The summed E-state index contributed by atoms with van der Waals surface area (Å²) in [7, 11) is 0.